The summed E-state index contributed by atoms with van der Waals surface area (Å²) in [7, 11) is 0. The van der Waals surface area contributed by atoms with Crippen molar-refractivity contribution in [3.05, 3.63) is 18.6 Å². The van der Waals surface area contributed by atoms with Crippen LogP contribution in [0.3, 0.4) is 0 Å². The van der Waals surface area contributed by atoms with Crippen molar-refractivity contribution in [2.24, 2.45) is 0 Å². The lowest BCUT2D eigenvalue weighted by Crippen LogP contribution is -2.23. The smallest absolute Gasteiger partial charge is 0.177 e. The number of rotatable bonds is 0. The summed E-state index contributed by atoms with van der Waals surface area (Å²) in [6.07, 6.45) is 5.11. The molecule has 2 heterocycles. The minimum absolute atomic E-state index is 0.0439. The van der Waals surface area contributed by atoms with Gasteiger partial charge >= 0.3 is 0 Å². The van der Waals surface area contributed by atoms with E-state index in [0.29, 0.717) is 0 Å². The summed E-state index contributed by atoms with van der Waals surface area (Å²) in [5.74, 6) is 0. The maximum absolute atomic E-state index is 4.26. The van der Waals surface area contributed by atoms with Gasteiger partial charge in [0.05, 0.1) is 11.7 Å². The van der Waals surface area contributed by atoms with Crippen LogP contribution in [0.4, 0.5) is 0 Å². The number of hydrogen-bond acceptors (Lipinski definition) is 3. The van der Waals surface area contributed by atoms with E-state index in [1.807, 2.05) is 4.68 Å². The van der Waals surface area contributed by atoms with Gasteiger partial charge in [-0.2, -0.15) is 5.10 Å². The summed E-state index contributed by atoms with van der Waals surface area (Å²) in [5, 5.41) is 4.26. The Labute approximate surface area is 76.6 Å². The lowest BCUT2D eigenvalue weighted by atomic mass is 10.1. The highest BCUT2D eigenvalue weighted by molar-refractivity contribution is 5.68. The fraction of sp³-hybridized carbons (Fsp3) is 0.444. The maximum Gasteiger partial charge on any atom is 0.177 e. The highest BCUT2D eigenvalue weighted by Gasteiger charge is 2.17. The molecule has 0 aliphatic heterocycles. The van der Waals surface area contributed by atoms with Crippen molar-refractivity contribution in [3.8, 4) is 0 Å². The average Bonchev–Trinajstić information content (AvgIpc) is 2.45. The van der Waals surface area contributed by atoms with Crippen molar-refractivity contribution in [2.75, 3.05) is 0 Å². The van der Waals surface area contributed by atoms with Gasteiger partial charge in [0, 0.05) is 12.4 Å². The number of fused-ring (bicyclic) bond motifs is 1. The molecule has 2 aromatic rings. The Bertz CT molecular complexity index is 424. The third-order valence-electron chi connectivity index (χ3n) is 1.84. The molecule has 0 radical (unpaired) electrons. The summed E-state index contributed by atoms with van der Waals surface area (Å²) in [5.41, 5.74) is 1.64. The Balaban J connectivity index is 2.72. The predicted molar refractivity (Wildman–Crippen MR) is 50.3 cm³/mol. The Kier molecular flexibility index (Phi) is 1.58. The van der Waals surface area contributed by atoms with E-state index < -0.39 is 0 Å². The Morgan fingerprint density at radius 2 is 1.85 bits per heavy atom. The fourth-order valence-electron chi connectivity index (χ4n) is 1.25. The molecular weight excluding hydrogens is 164 g/mol. The molecule has 2 aromatic heterocycles. The van der Waals surface area contributed by atoms with E-state index in [0.717, 1.165) is 11.2 Å². The van der Waals surface area contributed by atoms with Gasteiger partial charge in [-0.1, -0.05) is 0 Å². The van der Waals surface area contributed by atoms with Crippen LogP contribution in [-0.2, 0) is 5.54 Å². The molecule has 0 saturated heterocycles. The summed E-state index contributed by atoms with van der Waals surface area (Å²) >= 11 is 0. The third kappa shape index (κ3) is 1.28. The monoisotopic (exact) mass is 176 g/mol. The van der Waals surface area contributed by atoms with Crippen molar-refractivity contribution >= 4 is 11.2 Å². The zero-order valence-corrected chi connectivity index (χ0v) is 8.02. The van der Waals surface area contributed by atoms with Gasteiger partial charge in [0.1, 0.15) is 5.52 Å². The molecule has 68 valence electrons. The number of aromatic nitrogens is 4. The molecule has 0 fully saturated rings. The molecule has 0 atom stereocenters. The lowest BCUT2D eigenvalue weighted by Gasteiger charge is -2.19. The molecular formula is C9H12N4. The predicted octanol–water partition coefficient (Wildman–Crippen LogP) is 1.58. The Hall–Kier alpha value is -1.45. The molecule has 0 bridgehead atoms. The quantitative estimate of drug-likeness (QED) is 0.612. The molecule has 0 aliphatic rings. The van der Waals surface area contributed by atoms with Gasteiger partial charge in [0.15, 0.2) is 5.65 Å². The van der Waals surface area contributed by atoms with Crippen LogP contribution in [-0.4, -0.2) is 19.7 Å². The first-order chi connectivity index (χ1) is 6.09. The van der Waals surface area contributed by atoms with Gasteiger partial charge in [0.2, 0.25) is 0 Å². The van der Waals surface area contributed by atoms with Crippen LogP contribution in [0.15, 0.2) is 18.6 Å². The van der Waals surface area contributed by atoms with E-state index in [2.05, 4.69) is 35.8 Å². The van der Waals surface area contributed by atoms with Gasteiger partial charge in [-0.25, -0.2) is 14.6 Å². The van der Waals surface area contributed by atoms with Crippen LogP contribution in [0.5, 0.6) is 0 Å². The molecule has 4 nitrogen and oxygen atoms in total. The summed E-state index contributed by atoms with van der Waals surface area (Å²) in [6, 6.07) is 0. The normalized spacial score (nSPS) is 12.2. The molecule has 0 amide bonds. The standard InChI is InChI=1S/C9H12N4/c1-9(2,3)13-8-7(6-12-13)10-4-5-11-8/h4-6H,1-3H3. The lowest BCUT2D eigenvalue weighted by molar-refractivity contribution is 0.366. The number of hydrogen-bond donors (Lipinski definition) is 0. The van der Waals surface area contributed by atoms with Crippen molar-refractivity contribution in [3.63, 3.8) is 0 Å². The largest absolute Gasteiger partial charge is 0.250 e. The van der Waals surface area contributed by atoms with Crippen molar-refractivity contribution in [2.45, 2.75) is 26.3 Å². The highest BCUT2D eigenvalue weighted by atomic mass is 15.3. The van der Waals surface area contributed by atoms with E-state index >= 15 is 0 Å². The van der Waals surface area contributed by atoms with Crippen molar-refractivity contribution in [1.29, 1.82) is 0 Å². The van der Waals surface area contributed by atoms with Crippen LogP contribution in [0.2, 0.25) is 0 Å². The zero-order valence-electron chi connectivity index (χ0n) is 8.02. The molecule has 0 saturated carbocycles. The van der Waals surface area contributed by atoms with Gasteiger partial charge < -0.3 is 0 Å². The van der Waals surface area contributed by atoms with Crippen LogP contribution >= 0.6 is 0 Å². The van der Waals surface area contributed by atoms with Crippen LogP contribution in [0.25, 0.3) is 11.2 Å². The fourth-order valence-corrected chi connectivity index (χ4v) is 1.25. The minimum Gasteiger partial charge on any atom is -0.250 e. The molecule has 0 aliphatic carbocycles. The van der Waals surface area contributed by atoms with E-state index in [4.69, 9.17) is 0 Å². The highest BCUT2D eigenvalue weighted by Crippen LogP contribution is 2.17. The van der Waals surface area contributed by atoms with Crippen LogP contribution in [0, 0.1) is 0 Å². The van der Waals surface area contributed by atoms with Gasteiger partial charge in [-0.3, -0.25) is 0 Å². The van der Waals surface area contributed by atoms with E-state index in [1.165, 1.54) is 0 Å². The minimum atomic E-state index is -0.0439. The van der Waals surface area contributed by atoms with Gasteiger partial charge in [-0.15, -0.1) is 0 Å². The second-order valence-electron chi connectivity index (χ2n) is 3.99. The first-order valence-corrected chi connectivity index (χ1v) is 4.24. The molecule has 13 heavy (non-hydrogen) atoms. The van der Waals surface area contributed by atoms with Crippen molar-refractivity contribution < 1.29 is 0 Å². The van der Waals surface area contributed by atoms with E-state index in [9.17, 15) is 0 Å². The van der Waals surface area contributed by atoms with Crippen molar-refractivity contribution in [1.82, 2.24) is 19.7 Å². The summed E-state index contributed by atoms with van der Waals surface area (Å²) in [4.78, 5) is 8.42. The van der Waals surface area contributed by atoms with E-state index in [1.54, 1.807) is 18.6 Å². The summed E-state index contributed by atoms with van der Waals surface area (Å²) in [6.45, 7) is 6.27. The van der Waals surface area contributed by atoms with Gasteiger partial charge in [0.25, 0.3) is 0 Å². The second kappa shape index (κ2) is 2.52. The Morgan fingerprint density at radius 1 is 1.15 bits per heavy atom. The first kappa shape index (κ1) is 8.16. The third-order valence-corrected chi connectivity index (χ3v) is 1.84. The molecule has 0 N–H and O–H groups in total. The average molecular weight is 176 g/mol. The van der Waals surface area contributed by atoms with Crippen LogP contribution in [0.1, 0.15) is 20.8 Å². The number of nitrogens with zero attached hydrogens (tertiary/aromatic N) is 4. The van der Waals surface area contributed by atoms with E-state index in [-0.39, 0.29) is 5.54 Å². The molecule has 0 aromatic carbocycles. The summed E-state index contributed by atoms with van der Waals surface area (Å²) < 4.78 is 1.88. The Morgan fingerprint density at radius 3 is 2.54 bits per heavy atom. The van der Waals surface area contributed by atoms with Gasteiger partial charge in [-0.05, 0) is 20.8 Å². The van der Waals surface area contributed by atoms with Crippen LogP contribution < -0.4 is 0 Å². The maximum atomic E-state index is 4.26. The second-order valence-corrected chi connectivity index (χ2v) is 3.99. The molecule has 2 rings (SSSR count). The SMILES string of the molecule is CC(C)(C)n1ncc2nccnc21. The first-order valence-electron chi connectivity index (χ1n) is 4.24. The zero-order chi connectivity index (χ0) is 9.47. The topological polar surface area (TPSA) is 43.6 Å². The molecule has 0 spiro atoms. The molecule has 4 heteroatoms. The molecule has 0 unspecified atom stereocenters.